The molecule has 0 aromatic heterocycles. The first-order valence-corrected chi connectivity index (χ1v) is 7.20. The van der Waals surface area contributed by atoms with E-state index in [1.54, 1.807) is 26.2 Å². The summed E-state index contributed by atoms with van der Waals surface area (Å²) in [5.41, 5.74) is 2.28. The SMILES string of the molecule is Cc1cc(C)c2cc(S(=O)(=O)N(C)C)ccc2c1. The van der Waals surface area contributed by atoms with Crippen molar-refractivity contribution in [3.8, 4) is 0 Å². The van der Waals surface area contributed by atoms with Gasteiger partial charge in [-0.05, 0) is 42.3 Å². The molecule has 0 amide bonds. The van der Waals surface area contributed by atoms with Crippen molar-refractivity contribution in [1.82, 2.24) is 4.31 Å². The second kappa shape index (κ2) is 4.37. The van der Waals surface area contributed by atoms with Crippen molar-refractivity contribution in [2.24, 2.45) is 0 Å². The Labute approximate surface area is 108 Å². The van der Waals surface area contributed by atoms with Gasteiger partial charge in [-0.1, -0.05) is 23.8 Å². The number of aryl methyl sites for hydroxylation is 2. The maximum atomic E-state index is 12.1. The van der Waals surface area contributed by atoms with Crippen molar-refractivity contribution in [1.29, 1.82) is 0 Å². The first kappa shape index (κ1) is 13.1. The van der Waals surface area contributed by atoms with E-state index in [0.717, 1.165) is 16.3 Å². The minimum Gasteiger partial charge on any atom is -0.207 e. The lowest BCUT2D eigenvalue weighted by Crippen LogP contribution is -2.22. The van der Waals surface area contributed by atoms with Crippen LogP contribution in [-0.4, -0.2) is 26.8 Å². The third-order valence-electron chi connectivity index (χ3n) is 3.06. The van der Waals surface area contributed by atoms with Crippen LogP contribution >= 0.6 is 0 Å². The van der Waals surface area contributed by atoms with Gasteiger partial charge in [0.2, 0.25) is 10.0 Å². The highest BCUT2D eigenvalue weighted by Crippen LogP contribution is 2.24. The number of rotatable bonds is 2. The molecule has 2 rings (SSSR count). The molecule has 0 saturated carbocycles. The summed E-state index contributed by atoms with van der Waals surface area (Å²) >= 11 is 0. The Hall–Kier alpha value is -1.39. The number of sulfonamides is 1. The number of nitrogens with zero attached hydrogens (tertiary/aromatic N) is 1. The van der Waals surface area contributed by atoms with Crippen molar-refractivity contribution in [2.75, 3.05) is 14.1 Å². The van der Waals surface area contributed by atoms with Gasteiger partial charge in [-0.15, -0.1) is 0 Å². The average molecular weight is 263 g/mol. The Balaban J connectivity index is 2.73. The van der Waals surface area contributed by atoms with Gasteiger partial charge < -0.3 is 0 Å². The molecule has 0 aliphatic heterocycles. The first-order chi connectivity index (χ1) is 8.32. The molecule has 0 heterocycles. The summed E-state index contributed by atoms with van der Waals surface area (Å²) in [6.07, 6.45) is 0. The van der Waals surface area contributed by atoms with Crippen molar-refractivity contribution >= 4 is 20.8 Å². The molecule has 0 atom stereocenters. The van der Waals surface area contributed by atoms with E-state index < -0.39 is 10.0 Å². The van der Waals surface area contributed by atoms with Crippen molar-refractivity contribution in [3.05, 3.63) is 41.5 Å². The monoisotopic (exact) mass is 263 g/mol. The standard InChI is InChI=1S/C14H17NO2S/c1-10-7-11(2)14-9-13(6-5-12(14)8-10)18(16,17)15(3)4/h5-9H,1-4H3. The van der Waals surface area contributed by atoms with Gasteiger partial charge in [-0.3, -0.25) is 0 Å². The largest absolute Gasteiger partial charge is 0.242 e. The molecule has 4 heteroatoms. The molecule has 2 aromatic rings. The molecule has 3 nitrogen and oxygen atoms in total. The van der Waals surface area contributed by atoms with E-state index >= 15 is 0 Å². The van der Waals surface area contributed by atoms with Gasteiger partial charge in [0.25, 0.3) is 0 Å². The van der Waals surface area contributed by atoms with E-state index in [0.29, 0.717) is 4.90 Å². The van der Waals surface area contributed by atoms with Gasteiger partial charge in [0.1, 0.15) is 0 Å². The molecule has 2 aromatic carbocycles. The summed E-state index contributed by atoms with van der Waals surface area (Å²) in [6.45, 7) is 4.04. The van der Waals surface area contributed by atoms with Crippen LogP contribution in [0.5, 0.6) is 0 Å². The zero-order chi connectivity index (χ0) is 13.5. The van der Waals surface area contributed by atoms with Gasteiger partial charge in [-0.25, -0.2) is 12.7 Å². The fraction of sp³-hybridized carbons (Fsp3) is 0.286. The van der Waals surface area contributed by atoms with Crippen LogP contribution in [0.3, 0.4) is 0 Å². The molecular weight excluding hydrogens is 246 g/mol. The first-order valence-electron chi connectivity index (χ1n) is 5.76. The van der Waals surface area contributed by atoms with E-state index in [9.17, 15) is 8.42 Å². The molecule has 0 saturated heterocycles. The maximum Gasteiger partial charge on any atom is 0.242 e. The normalized spacial score (nSPS) is 12.3. The third-order valence-corrected chi connectivity index (χ3v) is 4.87. The Bertz CT molecular complexity index is 703. The van der Waals surface area contributed by atoms with Crippen LogP contribution in [-0.2, 0) is 10.0 Å². The summed E-state index contributed by atoms with van der Waals surface area (Å²) in [5, 5.41) is 2.06. The molecule has 0 radical (unpaired) electrons. The molecule has 0 aliphatic carbocycles. The number of benzene rings is 2. The predicted octanol–water partition coefficient (Wildman–Crippen LogP) is 2.71. The van der Waals surface area contributed by atoms with Gasteiger partial charge in [-0.2, -0.15) is 0 Å². The molecular formula is C14H17NO2S. The highest BCUT2D eigenvalue weighted by molar-refractivity contribution is 7.89. The summed E-state index contributed by atoms with van der Waals surface area (Å²) in [5.74, 6) is 0. The molecule has 0 aliphatic rings. The molecule has 0 spiro atoms. The van der Waals surface area contributed by atoms with E-state index in [1.807, 2.05) is 19.9 Å². The van der Waals surface area contributed by atoms with Gasteiger partial charge >= 0.3 is 0 Å². The lowest BCUT2D eigenvalue weighted by molar-refractivity contribution is 0.521. The fourth-order valence-electron chi connectivity index (χ4n) is 2.08. The highest BCUT2D eigenvalue weighted by Gasteiger charge is 2.17. The fourth-order valence-corrected chi connectivity index (χ4v) is 3.01. The molecule has 0 unspecified atom stereocenters. The minimum atomic E-state index is -3.36. The Morgan fingerprint density at radius 3 is 2.28 bits per heavy atom. The van der Waals surface area contributed by atoms with Crippen LogP contribution in [0.1, 0.15) is 11.1 Å². The second-order valence-electron chi connectivity index (χ2n) is 4.75. The summed E-state index contributed by atoms with van der Waals surface area (Å²) < 4.78 is 25.4. The van der Waals surface area contributed by atoms with Gasteiger partial charge in [0.15, 0.2) is 0 Å². The van der Waals surface area contributed by atoms with E-state index in [4.69, 9.17) is 0 Å². The lowest BCUT2D eigenvalue weighted by Gasteiger charge is -2.13. The topological polar surface area (TPSA) is 37.4 Å². The molecule has 96 valence electrons. The zero-order valence-corrected chi connectivity index (χ0v) is 11.9. The second-order valence-corrected chi connectivity index (χ2v) is 6.90. The van der Waals surface area contributed by atoms with Crippen LogP contribution < -0.4 is 0 Å². The van der Waals surface area contributed by atoms with Crippen LogP contribution in [0.2, 0.25) is 0 Å². The summed E-state index contributed by atoms with van der Waals surface area (Å²) in [4.78, 5) is 0.340. The number of fused-ring (bicyclic) bond motifs is 1. The van der Waals surface area contributed by atoms with Crippen molar-refractivity contribution < 1.29 is 8.42 Å². The average Bonchev–Trinajstić information content (AvgIpc) is 2.27. The van der Waals surface area contributed by atoms with Crippen LogP contribution in [0.4, 0.5) is 0 Å². The van der Waals surface area contributed by atoms with Crippen LogP contribution in [0.25, 0.3) is 10.8 Å². The zero-order valence-electron chi connectivity index (χ0n) is 11.1. The van der Waals surface area contributed by atoms with Crippen LogP contribution in [0.15, 0.2) is 35.2 Å². The molecule has 0 bridgehead atoms. The third kappa shape index (κ3) is 2.13. The predicted molar refractivity (Wildman–Crippen MR) is 74.3 cm³/mol. The summed E-state index contributed by atoms with van der Waals surface area (Å²) in [6, 6.07) is 9.41. The van der Waals surface area contributed by atoms with E-state index in [-0.39, 0.29) is 0 Å². The Morgan fingerprint density at radius 2 is 1.67 bits per heavy atom. The Kier molecular flexibility index (Phi) is 3.17. The van der Waals surface area contributed by atoms with E-state index in [1.165, 1.54) is 9.87 Å². The van der Waals surface area contributed by atoms with Crippen molar-refractivity contribution in [3.63, 3.8) is 0 Å². The summed E-state index contributed by atoms with van der Waals surface area (Å²) in [7, 11) is -0.276. The Morgan fingerprint density at radius 1 is 1.00 bits per heavy atom. The smallest absolute Gasteiger partial charge is 0.207 e. The molecule has 18 heavy (non-hydrogen) atoms. The lowest BCUT2D eigenvalue weighted by atomic mass is 10.0. The maximum absolute atomic E-state index is 12.1. The molecule has 0 N–H and O–H groups in total. The number of hydrogen-bond acceptors (Lipinski definition) is 2. The highest BCUT2D eigenvalue weighted by atomic mass is 32.2. The van der Waals surface area contributed by atoms with Gasteiger partial charge in [0, 0.05) is 14.1 Å². The van der Waals surface area contributed by atoms with Crippen molar-refractivity contribution in [2.45, 2.75) is 18.7 Å². The number of hydrogen-bond donors (Lipinski definition) is 0. The molecule has 0 fully saturated rings. The van der Waals surface area contributed by atoms with Crippen LogP contribution in [0, 0.1) is 13.8 Å². The van der Waals surface area contributed by atoms with E-state index in [2.05, 4.69) is 12.1 Å². The minimum absolute atomic E-state index is 0.340. The van der Waals surface area contributed by atoms with Gasteiger partial charge in [0.05, 0.1) is 4.90 Å². The quantitative estimate of drug-likeness (QED) is 0.835.